The molecule has 0 fully saturated rings. The SMILES string of the molecule is Cc1cc(C)c2oc3c(c(=O)c2c1)C(c1ccc(Cl)cc1)NC3=O. The number of hydrogen-bond donors (Lipinski definition) is 1. The molecule has 5 heteroatoms. The van der Waals surface area contributed by atoms with Crippen molar-refractivity contribution in [3.8, 4) is 0 Å². The van der Waals surface area contributed by atoms with Gasteiger partial charge < -0.3 is 9.73 Å². The monoisotopic (exact) mass is 339 g/mol. The molecule has 1 aromatic heterocycles. The molecule has 1 atom stereocenters. The molecule has 0 spiro atoms. The van der Waals surface area contributed by atoms with Gasteiger partial charge in [-0.2, -0.15) is 0 Å². The number of rotatable bonds is 1. The molecule has 3 aromatic rings. The average Bonchev–Trinajstić information content (AvgIpc) is 2.87. The van der Waals surface area contributed by atoms with Crippen molar-refractivity contribution in [3.05, 3.63) is 79.7 Å². The van der Waals surface area contributed by atoms with Gasteiger partial charge in [0, 0.05) is 5.02 Å². The van der Waals surface area contributed by atoms with E-state index in [1.165, 1.54) is 0 Å². The van der Waals surface area contributed by atoms with Crippen molar-refractivity contribution in [3.63, 3.8) is 0 Å². The summed E-state index contributed by atoms with van der Waals surface area (Å²) in [7, 11) is 0. The van der Waals surface area contributed by atoms with Gasteiger partial charge in [-0.25, -0.2) is 0 Å². The smallest absolute Gasteiger partial charge is 0.288 e. The minimum atomic E-state index is -0.522. The van der Waals surface area contributed by atoms with Crippen LogP contribution in [0.4, 0.5) is 0 Å². The molecule has 1 amide bonds. The van der Waals surface area contributed by atoms with Gasteiger partial charge in [0.05, 0.1) is 17.0 Å². The van der Waals surface area contributed by atoms with Crippen molar-refractivity contribution >= 4 is 28.5 Å². The van der Waals surface area contributed by atoms with E-state index in [-0.39, 0.29) is 17.1 Å². The molecule has 0 radical (unpaired) electrons. The highest BCUT2D eigenvalue weighted by Crippen LogP contribution is 2.32. The van der Waals surface area contributed by atoms with E-state index in [1.807, 2.05) is 19.9 Å². The van der Waals surface area contributed by atoms with Crippen LogP contribution in [0.25, 0.3) is 11.0 Å². The largest absolute Gasteiger partial charge is 0.450 e. The first kappa shape index (κ1) is 15.0. The van der Waals surface area contributed by atoms with Gasteiger partial charge in [0.25, 0.3) is 5.91 Å². The van der Waals surface area contributed by atoms with Gasteiger partial charge in [0.1, 0.15) is 5.58 Å². The van der Waals surface area contributed by atoms with Crippen molar-refractivity contribution in [2.45, 2.75) is 19.9 Å². The first-order chi connectivity index (χ1) is 11.5. The fourth-order valence-electron chi connectivity index (χ4n) is 3.27. The van der Waals surface area contributed by atoms with Crippen molar-refractivity contribution < 1.29 is 9.21 Å². The fraction of sp³-hybridized carbons (Fsp3) is 0.158. The summed E-state index contributed by atoms with van der Waals surface area (Å²) >= 11 is 5.92. The van der Waals surface area contributed by atoms with Crippen LogP contribution in [0.15, 0.2) is 45.6 Å². The van der Waals surface area contributed by atoms with Crippen LogP contribution in [0.5, 0.6) is 0 Å². The maximum atomic E-state index is 13.0. The Balaban J connectivity index is 2.02. The second kappa shape index (κ2) is 5.21. The van der Waals surface area contributed by atoms with E-state index in [4.69, 9.17) is 16.0 Å². The van der Waals surface area contributed by atoms with Gasteiger partial charge in [-0.1, -0.05) is 29.8 Å². The number of benzene rings is 2. The number of amides is 1. The molecule has 4 rings (SSSR count). The molecule has 1 aliphatic heterocycles. The second-order valence-electron chi connectivity index (χ2n) is 6.09. The zero-order valence-corrected chi connectivity index (χ0v) is 13.9. The Kier molecular flexibility index (Phi) is 3.25. The van der Waals surface area contributed by atoms with Crippen LogP contribution in [-0.4, -0.2) is 5.91 Å². The summed E-state index contributed by atoms with van der Waals surface area (Å²) < 4.78 is 5.82. The molecule has 2 aromatic carbocycles. The number of nitrogens with one attached hydrogen (secondary N) is 1. The van der Waals surface area contributed by atoms with Gasteiger partial charge in [-0.05, 0) is 48.7 Å². The number of halogens is 1. The van der Waals surface area contributed by atoms with Crippen molar-refractivity contribution in [2.75, 3.05) is 0 Å². The molecular weight excluding hydrogens is 326 g/mol. The summed E-state index contributed by atoms with van der Waals surface area (Å²) in [6.45, 7) is 3.80. The maximum Gasteiger partial charge on any atom is 0.288 e. The first-order valence-electron chi connectivity index (χ1n) is 7.60. The molecule has 2 heterocycles. The van der Waals surface area contributed by atoms with Crippen molar-refractivity contribution in [2.24, 2.45) is 0 Å². The van der Waals surface area contributed by atoms with E-state index in [0.29, 0.717) is 21.6 Å². The third-order valence-electron chi connectivity index (χ3n) is 4.33. The minimum Gasteiger partial charge on any atom is -0.450 e. The number of fused-ring (bicyclic) bond motifs is 2. The minimum absolute atomic E-state index is 0.0967. The lowest BCUT2D eigenvalue weighted by molar-refractivity contribution is 0.0938. The number of hydrogen-bond acceptors (Lipinski definition) is 3. The van der Waals surface area contributed by atoms with Crippen LogP contribution >= 0.6 is 11.6 Å². The van der Waals surface area contributed by atoms with Gasteiger partial charge in [-0.3, -0.25) is 9.59 Å². The summed E-state index contributed by atoms with van der Waals surface area (Å²) in [6, 6.07) is 10.3. The molecule has 0 aliphatic carbocycles. The third kappa shape index (κ3) is 2.14. The van der Waals surface area contributed by atoms with Crippen LogP contribution < -0.4 is 10.7 Å². The quantitative estimate of drug-likeness (QED) is 0.731. The van der Waals surface area contributed by atoms with Crippen LogP contribution in [0, 0.1) is 13.8 Å². The lowest BCUT2D eigenvalue weighted by Gasteiger charge is -2.12. The number of carbonyl (C=O) groups is 1. The number of carbonyl (C=O) groups excluding carboxylic acids is 1. The molecule has 0 saturated carbocycles. The molecule has 120 valence electrons. The van der Waals surface area contributed by atoms with Crippen LogP contribution in [0.1, 0.15) is 38.9 Å². The summed E-state index contributed by atoms with van der Waals surface area (Å²) in [4.78, 5) is 25.4. The van der Waals surface area contributed by atoms with Gasteiger partial charge in [0.2, 0.25) is 5.76 Å². The summed E-state index contributed by atoms with van der Waals surface area (Å²) in [5.74, 6) is -0.275. The highest BCUT2D eigenvalue weighted by Gasteiger charge is 2.36. The zero-order chi connectivity index (χ0) is 17.0. The normalized spacial score (nSPS) is 16.3. The predicted molar refractivity (Wildman–Crippen MR) is 92.7 cm³/mol. The van der Waals surface area contributed by atoms with E-state index < -0.39 is 6.04 Å². The Bertz CT molecular complexity index is 1050. The topological polar surface area (TPSA) is 59.3 Å². The zero-order valence-electron chi connectivity index (χ0n) is 13.1. The van der Waals surface area contributed by atoms with Gasteiger partial charge in [-0.15, -0.1) is 0 Å². The lowest BCUT2D eigenvalue weighted by Crippen LogP contribution is -2.21. The summed E-state index contributed by atoms with van der Waals surface area (Å²) in [5.41, 5.74) is 3.27. The number of aryl methyl sites for hydroxylation is 2. The van der Waals surface area contributed by atoms with Crippen LogP contribution in [-0.2, 0) is 0 Å². The Morgan fingerprint density at radius 2 is 1.79 bits per heavy atom. The predicted octanol–water partition coefficient (Wildman–Crippen LogP) is 3.90. The Labute approximate surface area is 143 Å². The third-order valence-corrected chi connectivity index (χ3v) is 4.58. The standard InChI is InChI=1S/C19H14ClNO3/c1-9-7-10(2)17-13(8-9)16(22)14-15(21-19(23)18(14)24-17)11-3-5-12(20)6-4-11/h3-8,15H,1-2H3,(H,21,23). The Morgan fingerprint density at radius 1 is 1.08 bits per heavy atom. The lowest BCUT2D eigenvalue weighted by atomic mass is 9.98. The van der Waals surface area contributed by atoms with Gasteiger partial charge in [0.15, 0.2) is 5.43 Å². The average molecular weight is 340 g/mol. The molecule has 24 heavy (non-hydrogen) atoms. The Morgan fingerprint density at radius 3 is 2.50 bits per heavy atom. The summed E-state index contributed by atoms with van der Waals surface area (Å²) in [5, 5.41) is 3.93. The molecule has 1 N–H and O–H groups in total. The summed E-state index contributed by atoms with van der Waals surface area (Å²) in [6.07, 6.45) is 0. The molecule has 4 nitrogen and oxygen atoms in total. The van der Waals surface area contributed by atoms with Gasteiger partial charge >= 0.3 is 0 Å². The van der Waals surface area contributed by atoms with Crippen molar-refractivity contribution in [1.82, 2.24) is 5.32 Å². The molecule has 0 saturated heterocycles. The maximum absolute atomic E-state index is 13.0. The fourth-order valence-corrected chi connectivity index (χ4v) is 3.39. The second-order valence-corrected chi connectivity index (χ2v) is 6.53. The van der Waals surface area contributed by atoms with E-state index in [2.05, 4.69) is 5.32 Å². The van der Waals surface area contributed by atoms with E-state index in [9.17, 15) is 9.59 Å². The highest BCUT2D eigenvalue weighted by molar-refractivity contribution is 6.30. The molecule has 0 bridgehead atoms. The highest BCUT2D eigenvalue weighted by atomic mass is 35.5. The Hall–Kier alpha value is -2.59. The van der Waals surface area contributed by atoms with E-state index >= 15 is 0 Å². The first-order valence-corrected chi connectivity index (χ1v) is 7.98. The molecule has 1 unspecified atom stereocenters. The molecule has 1 aliphatic rings. The van der Waals surface area contributed by atoms with Crippen LogP contribution in [0.2, 0.25) is 5.02 Å². The van der Waals surface area contributed by atoms with Crippen LogP contribution in [0.3, 0.4) is 0 Å². The van der Waals surface area contributed by atoms with E-state index in [1.54, 1.807) is 30.3 Å². The molecular formula is C19H14ClNO3. The van der Waals surface area contributed by atoms with Crippen molar-refractivity contribution in [1.29, 1.82) is 0 Å². The van der Waals surface area contributed by atoms with E-state index in [0.717, 1.165) is 16.7 Å².